The number of hydrogen-bond acceptors (Lipinski definition) is 4. The van der Waals surface area contributed by atoms with Crippen molar-refractivity contribution in [3.8, 4) is 0 Å². The van der Waals surface area contributed by atoms with Crippen molar-refractivity contribution in [3.63, 3.8) is 0 Å². The second-order valence-corrected chi connectivity index (χ2v) is 4.88. The third kappa shape index (κ3) is 2.11. The Morgan fingerprint density at radius 3 is 2.64 bits per heavy atom. The molecule has 0 radical (unpaired) electrons. The van der Waals surface area contributed by atoms with E-state index in [1.54, 1.807) is 6.20 Å². The first-order chi connectivity index (χ1) is 6.36. The summed E-state index contributed by atoms with van der Waals surface area (Å²) in [5, 5.41) is 18.0. The van der Waals surface area contributed by atoms with E-state index in [-0.39, 0.29) is 17.7 Å². The zero-order valence-electron chi connectivity index (χ0n) is 8.10. The lowest BCUT2D eigenvalue weighted by Crippen LogP contribution is -2.13. The maximum Gasteiger partial charge on any atom is 0.177 e. The summed E-state index contributed by atoms with van der Waals surface area (Å²) in [7, 11) is -3.35. The molecule has 1 unspecified atom stereocenters. The Bertz CT molecular complexity index is 421. The fourth-order valence-corrected chi connectivity index (χ4v) is 1.76. The predicted octanol–water partition coefficient (Wildman–Crippen LogP) is 0.236. The molecule has 4 N–H and O–H groups in total. The third-order valence-electron chi connectivity index (χ3n) is 1.76. The molecule has 80 valence electrons. The first kappa shape index (κ1) is 11.2. The van der Waals surface area contributed by atoms with Crippen LogP contribution in [0.1, 0.15) is 25.5 Å². The second kappa shape index (κ2) is 3.68. The predicted molar refractivity (Wildman–Crippen MR) is 51.9 cm³/mol. The van der Waals surface area contributed by atoms with Gasteiger partial charge in [-0.25, -0.2) is 14.1 Å². The van der Waals surface area contributed by atoms with Crippen LogP contribution in [-0.2, 0) is 16.5 Å². The van der Waals surface area contributed by atoms with E-state index in [0.717, 1.165) is 0 Å². The van der Waals surface area contributed by atoms with Crippen molar-refractivity contribution in [1.82, 2.24) is 9.78 Å². The van der Waals surface area contributed by atoms with E-state index in [0.29, 0.717) is 5.56 Å². The van der Waals surface area contributed by atoms with Crippen LogP contribution in [-0.4, -0.2) is 19.1 Å². The quantitative estimate of drug-likeness (QED) is 0.676. The molecule has 6 nitrogen and oxygen atoms in total. The minimum Gasteiger partial charge on any atom is -0.392 e. The molecule has 0 aliphatic carbocycles. The van der Waals surface area contributed by atoms with Crippen LogP contribution < -0.4 is 5.14 Å². The van der Waals surface area contributed by atoms with Gasteiger partial charge in [-0.05, 0) is 13.8 Å². The molecule has 1 aromatic rings. The smallest absolute Gasteiger partial charge is 0.177 e. The van der Waals surface area contributed by atoms with Gasteiger partial charge >= 0.3 is 0 Å². The van der Waals surface area contributed by atoms with Crippen molar-refractivity contribution in [1.29, 1.82) is 4.78 Å². The van der Waals surface area contributed by atoms with Gasteiger partial charge in [-0.1, -0.05) is 0 Å². The van der Waals surface area contributed by atoms with Crippen molar-refractivity contribution >= 4 is 9.92 Å². The van der Waals surface area contributed by atoms with Crippen LogP contribution >= 0.6 is 0 Å². The minimum absolute atomic E-state index is 0.0336. The molecule has 0 bridgehead atoms. The van der Waals surface area contributed by atoms with E-state index < -0.39 is 9.92 Å². The van der Waals surface area contributed by atoms with Crippen LogP contribution in [0.4, 0.5) is 0 Å². The lowest BCUT2D eigenvalue weighted by molar-refractivity contribution is 0.278. The molecule has 14 heavy (non-hydrogen) atoms. The van der Waals surface area contributed by atoms with Crippen LogP contribution in [0.5, 0.6) is 0 Å². The fourth-order valence-electron chi connectivity index (χ4n) is 1.04. The number of rotatable bonds is 3. The number of aliphatic hydroxyl groups excluding tert-OH is 1. The SMILES string of the molecule is CC(C)n1cc(CO)c(S(=N)(N)=O)n1. The standard InChI is InChI=1S/C7H14N4O2S/c1-5(2)11-3-6(4-12)7(10-11)14(8,9)13/h3,5,12H,4H2,1-2H3,(H3,8,9,13). The highest BCUT2D eigenvalue weighted by atomic mass is 32.2. The molecule has 1 aromatic heterocycles. The van der Waals surface area contributed by atoms with Crippen LogP contribution in [0.15, 0.2) is 11.2 Å². The van der Waals surface area contributed by atoms with Gasteiger partial charge in [0, 0.05) is 17.8 Å². The molecule has 0 spiro atoms. The van der Waals surface area contributed by atoms with Crippen molar-refractivity contribution in [2.75, 3.05) is 0 Å². The van der Waals surface area contributed by atoms with Gasteiger partial charge in [0.15, 0.2) is 14.9 Å². The monoisotopic (exact) mass is 218 g/mol. The molecule has 0 amide bonds. The van der Waals surface area contributed by atoms with Gasteiger partial charge in [-0.3, -0.25) is 4.68 Å². The summed E-state index contributed by atoms with van der Waals surface area (Å²) in [5.74, 6) is 0. The number of nitrogens with two attached hydrogens (primary N) is 1. The van der Waals surface area contributed by atoms with E-state index in [2.05, 4.69) is 5.10 Å². The third-order valence-corrected chi connectivity index (χ3v) is 2.67. The Morgan fingerprint density at radius 1 is 1.79 bits per heavy atom. The Kier molecular flexibility index (Phi) is 2.93. The summed E-state index contributed by atoms with van der Waals surface area (Å²) in [6.07, 6.45) is 1.56. The van der Waals surface area contributed by atoms with Crippen LogP contribution in [0, 0.1) is 4.78 Å². The van der Waals surface area contributed by atoms with Gasteiger partial charge in [0.05, 0.1) is 6.61 Å². The van der Waals surface area contributed by atoms with Crippen molar-refractivity contribution < 1.29 is 9.32 Å². The molecular formula is C7H14N4O2S. The van der Waals surface area contributed by atoms with Gasteiger partial charge < -0.3 is 5.11 Å². The fraction of sp³-hybridized carbons (Fsp3) is 0.571. The first-order valence-corrected chi connectivity index (χ1v) is 5.74. The maximum absolute atomic E-state index is 11.3. The van der Waals surface area contributed by atoms with Crippen molar-refractivity contribution in [2.45, 2.75) is 31.5 Å². The second-order valence-electron chi connectivity index (χ2n) is 3.29. The molecule has 7 heteroatoms. The highest BCUT2D eigenvalue weighted by Crippen LogP contribution is 2.15. The first-order valence-electron chi connectivity index (χ1n) is 4.11. The summed E-state index contributed by atoms with van der Waals surface area (Å²) in [4.78, 5) is 0. The van der Waals surface area contributed by atoms with E-state index in [1.165, 1.54) is 4.68 Å². The number of nitrogens with one attached hydrogen (secondary N) is 1. The lowest BCUT2D eigenvalue weighted by Gasteiger charge is -2.03. The van der Waals surface area contributed by atoms with Crippen LogP contribution in [0.25, 0.3) is 0 Å². The van der Waals surface area contributed by atoms with Crippen molar-refractivity contribution in [3.05, 3.63) is 11.8 Å². The van der Waals surface area contributed by atoms with Crippen LogP contribution in [0.2, 0.25) is 0 Å². The maximum atomic E-state index is 11.3. The minimum atomic E-state index is -3.35. The van der Waals surface area contributed by atoms with Crippen molar-refractivity contribution in [2.24, 2.45) is 5.14 Å². The van der Waals surface area contributed by atoms with E-state index in [4.69, 9.17) is 15.0 Å². The molecule has 0 aromatic carbocycles. The molecule has 1 atom stereocenters. The zero-order chi connectivity index (χ0) is 10.9. The Balaban J connectivity index is 3.30. The average molecular weight is 218 g/mol. The van der Waals surface area contributed by atoms with Crippen LogP contribution in [0.3, 0.4) is 0 Å². The largest absolute Gasteiger partial charge is 0.392 e. The normalized spacial score (nSPS) is 15.8. The molecule has 1 rings (SSSR count). The van der Waals surface area contributed by atoms with Gasteiger partial charge in [0.2, 0.25) is 0 Å². The molecule has 1 heterocycles. The molecule has 0 saturated heterocycles. The molecule has 0 fully saturated rings. The van der Waals surface area contributed by atoms with E-state index in [1.807, 2.05) is 13.8 Å². The summed E-state index contributed by atoms with van der Waals surface area (Å²) in [6.45, 7) is 3.47. The van der Waals surface area contributed by atoms with E-state index >= 15 is 0 Å². The lowest BCUT2D eigenvalue weighted by atomic mass is 10.4. The summed E-state index contributed by atoms with van der Waals surface area (Å²) < 4.78 is 20.0. The zero-order valence-corrected chi connectivity index (χ0v) is 8.91. The average Bonchev–Trinajstić information content (AvgIpc) is 2.46. The Hall–Kier alpha value is -0.920. The summed E-state index contributed by atoms with van der Waals surface area (Å²) in [6, 6.07) is 0.0794. The Labute approximate surface area is 82.8 Å². The molecule has 0 aliphatic heterocycles. The van der Waals surface area contributed by atoms with E-state index in [9.17, 15) is 4.21 Å². The number of hydrogen-bond donors (Lipinski definition) is 3. The highest BCUT2D eigenvalue weighted by Gasteiger charge is 2.16. The number of nitrogens with zero attached hydrogens (tertiary/aromatic N) is 2. The Morgan fingerprint density at radius 2 is 2.36 bits per heavy atom. The summed E-state index contributed by atoms with van der Waals surface area (Å²) in [5.41, 5.74) is 0.348. The molecule has 0 aliphatic rings. The highest BCUT2D eigenvalue weighted by molar-refractivity contribution is 7.90. The van der Waals surface area contributed by atoms with Gasteiger partial charge in [0.1, 0.15) is 0 Å². The topological polar surface area (TPSA) is 105 Å². The number of aromatic nitrogens is 2. The summed E-state index contributed by atoms with van der Waals surface area (Å²) >= 11 is 0. The molecule has 0 saturated carbocycles. The van der Waals surface area contributed by atoms with Gasteiger partial charge in [0.25, 0.3) is 0 Å². The molecular weight excluding hydrogens is 204 g/mol. The number of aliphatic hydroxyl groups is 1. The van der Waals surface area contributed by atoms with Gasteiger partial charge in [-0.2, -0.15) is 5.10 Å². The van der Waals surface area contributed by atoms with Gasteiger partial charge in [-0.15, -0.1) is 0 Å².